The largest absolute Gasteiger partial charge is 0.497 e. The predicted octanol–water partition coefficient (Wildman–Crippen LogP) is 0.988. The minimum Gasteiger partial charge on any atom is -0.497 e. The van der Waals surface area contributed by atoms with Gasteiger partial charge in [0.15, 0.2) is 0 Å². The van der Waals surface area contributed by atoms with Crippen LogP contribution < -0.4 is 10.1 Å². The summed E-state index contributed by atoms with van der Waals surface area (Å²) in [5, 5.41) is 2.14. The number of nitrogens with one attached hydrogen (secondary N) is 1. The van der Waals surface area contributed by atoms with E-state index < -0.39 is 29.7 Å². The molecule has 1 aromatic rings. The first-order valence-corrected chi connectivity index (χ1v) is 7.33. The first kappa shape index (κ1) is 19.4. The summed E-state index contributed by atoms with van der Waals surface area (Å²) in [5.41, 5.74) is -2.19. The van der Waals surface area contributed by atoms with Crippen molar-refractivity contribution in [3.8, 4) is 5.75 Å². The van der Waals surface area contributed by atoms with E-state index in [1.54, 1.807) is 13.8 Å². The maximum absolute atomic E-state index is 14.1. The van der Waals surface area contributed by atoms with Crippen molar-refractivity contribution < 1.29 is 33.0 Å². The third-order valence-electron chi connectivity index (χ3n) is 3.26. The Morgan fingerprint density at radius 3 is 2.25 bits per heavy atom. The van der Waals surface area contributed by atoms with Crippen LogP contribution in [0.3, 0.4) is 0 Å². The summed E-state index contributed by atoms with van der Waals surface area (Å²) >= 11 is 0. The molecule has 0 spiro atoms. The molecule has 0 atom stereocenters. The van der Waals surface area contributed by atoms with E-state index in [1.807, 2.05) is 0 Å². The van der Waals surface area contributed by atoms with E-state index in [0.29, 0.717) is 5.75 Å². The number of carbonyl (C=O) groups excluding carboxylic acids is 3. The predicted molar refractivity (Wildman–Crippen MR) is 81.9 cm³/mol. The molecule has 7 nitrogen and oxygen atoms in total. The number of hydrogen-bond acceptors (Lipinski definition) is 6. The Morgan fingerprint density at radius 2 is 1.79 bits per heavy atom. The lowest BCUT2D eigenvalue weighted by molar-refractivity contribution is -0.167. The van der Waals surface area contributed by atoms with Gasteiger partial charge in [-0.2, -0.15) is 0 Å². The second kappa shape index (κ2) is 8.85. The fourth-order valence-electron chi connectivity index (χ4n) is 2.10. The number of rotatable bonds is 9. The molecule has 1 amide bonds. The van der Waals surface area contributed by atoms with Crippen molar-refractivity contribution in [3.05, 3.63) is 29.6 Å². The van der Waals surface area contributed by atoms with Gasteiger partial charge in [0.2, 0.25) is 11.9 Å². The molecule has 0 heterocycles. The molecule has 0 bridgehead atoms. The molecule has 0 radical (unpaired) electrons. The fourth-order valence-corrected chi connectivity index (χ4v) is 2.10. The highest BCUT2D eigenvalue weighted by molar-refractivity contribution is 6.06. The Morgan fingerprint density at radius 1 is 1.21 bits per heavy atom. The van der Waals surface area contributed by atoms with E-state index in [4.69, 9.17) is 14.2 Å². The molecular formula is C16H20FNO6. The van der Waals surface area contributed by atoms with Gasteiger partial charge in [-0.1, -0.05) is 0 Å². The highest BCUT2D eigenvalue weighted by Gasteiger charge is 2.49. The van der Waals surface area contributed by atoms with Gasteiger partial charge in [0.1, 0.15) is 11.6 Å². The first-order chi connectivity index (χ1) is 11.4. The van der Waals surface area contributed by atoms with Crippen molar-refractivity contribution in [2.24, 2.45) is 0 Å². The number of halogens is 1. The lowest BCUT2D eigenvalue weighted by Gasteiger charge is -2.28. The van der Waals surface area contributed by atoms with Crippen molar-refractivity contribution in [2.75, 3.05) is 20.3 Å². The van der Waals surface area contributed by atoms with Crippen LogP contribution in [0.5, 0.6) is 5.75 Å². The average molecular weight is 341 g/mol. The summed E-state index contributed by atoms with van der Waals surface area (Å²) in [6, 6.07) is 3.85. The van der Waals surface area contributed by atoms with Crippen molar-refractivity contribution in [2.45, 2.75) is 25.8 Å². The smallest absolute Gasteiger partial charge is 0.344 e. The van der Waals surface area contributed by atoms with Crippen LogP contribution in [0, 0.1) is 5.82 Å². The SMILES string of the molecule is CCOC(=O)C(Cc1cc(OC)ccc1F)(NC=O)C(=O)OCC. The van der Waals surface area contributed by atoms with E-state index in [2.05, 4.69) is 5.32 Å². The van der Waals surface area contributed by atoms with Gasteiger partial charge >= 0.3 is 11.9 Å². The zero-order chi connectivity index (χ0) is 18.2. The molecule has 1 rings (SSSR count). The van der Waals surface area contributed by atoms with Crippen molar-refractivity contribution in [1.82, 2.24) is 5.32 Å². The van der Waals surface area contributed by atoms with Gasteiger partial charge in [0, 0.05) is 6.42 Å². The van der Waals surface area contributed by atoms with Gasteiger partial charge < -0.3 is 19.5 Å². The average Bonchev–Trinajstić information content (AvgIpc) is 2.56. The van der Waals surface area contributed by atoms with Crippen molar-refractivity contribution >= 4 is 18.3 Å². The van der Waals surface area contributed by atoms with Crippen LogP contribution in [0.1, 0.15) is 19.4 Å². The Balaban J connectivity index is 3.37. The van der Waals surface area contributed by atoms with Crippen molar-refractivity contribution in [3.63, 3.8) is 0 Å². The second-order valence-corrected chi connectivity index (χ2v) is 4.74. The highest BCUT2D eigenvalue weighted by Crippen LogP contribution is 2.23. The van der Waals surface area contributed by atoms with Gasteiger partial charge in [-0.05, 0) is 37.6 Å². The summed E-state index contributed by atoms with van der Waals surface area (Å²) in [4.78, 5) is 35.7. The first-order valence-electron chi connectivity index (χ1n) is 7.33. The molecule has 0 saturated carbocycles. The van der Waals surface area contributed by atoms with E-state index >= 15 is 0 Å². The molecule has 0 saturated heterocycles. The summed E-state index contributed by atoms with van der Waals surface area (Å²) < 4.78 is 28.9. The molecule has 0 aliphatic carbocycles. The summed E-state index contributed by atoms with van der Waals surface area (Å²) in [7, 11) is 1.39. The topological polar surface area (TPSA) is 90.9 Å². The maximum atomic E-state index is 14.1. The number of methoxy groups -OCH3 is 1. The zero-order valence-corrected chi connectivity index (χ0v) is 13.8. The molecule has 0 aliphatic rings. The molecule has 8 heteroatoms. The Hall–Kier alpha value is -2.64. The molecular weight excluding hydrogens is 321 g/mol. The van der Waals surface area contributed by atoms with Gasteiger partial charge in [0.25, 0.3) is 0 Å². The number of hydrogen-bond donors (Lipinski definition) is 1. The number of esters is 2. The summed E-state index contributed by atoms with van der Waals surface area (Å²) in [6.07, 6.45) is -0.307. The third-order valence-corrected chi connectivity index (χ3v) is 3.26. The van der Waals surface area contributed by atoms with Crippen LogP contribution >= 0.6 is 0 Å². The number of benzene rings is 1. The minimum atomic E-state index is -2.18. The lowest BCUT2D eigenvalue weighted by Crippen LogP contribution is -2.61. The molecule has 0 unspecified atom stereocenters. The summed E-state index contributed by atoms with van der Waals surface area (Å²) in [6.45, 7) is 3.03. The van der Waals surface area contributed by atoms with Gasteiger partial charge in [0.05, 0.1) is 20.3 Å². The maximum Gasteiger partial charge on any atom is 0.344 e. The number of amides is 1. The third kappa shape index (κ3) is 4.21. The van der Waals surface area contributed by atoms with E-state index in [0.717, 1.165) is 6.07 Å². The highest BCUT2D eigenvalue weighted by atomic mass is 19.1. The van der Waals surface area contributed by atoms with Crippen LogP contribution in [0.15, 0.2) is 18.2 Å². The molecule has 0 aromatic heterocycles. The molecule has 1 N–H and O–H groups in total. The van der Waals surface area contributed by atoms with Gasteiger partial charge in [-0.15, -0.1) is 0 Å². The molecule has 0 fully saturated rings. The number of ether oxygens (including phenoxy) is 3. The fraction of sp³-hybridized carbons (Fsp3) is 0.438. The number of carbonyl (C=O) groups is 3. The Bertz CT molecular complexity index is 586. The Labute approximate surface area is 139 Å². The standard InChI is InChI=1S/C16H20FNO6/c1-4-23-14(20)16(18-10-19,15(21)24-5-2)9-11-8-12(22-3)6-7-13(11)17/h6-8,10H,4-5,9H2,1-3H3,(H,18,19). The van der Waals surface area contributed by atoms with Gasteiger partial charge in [-0.3, -0.25) is 4.79 Å². The quantitative estimate of drug-likeness (QED) is 0.409. The van der Waals surface area contributed by atoms with Crippen LogP contribution in [0.4, 0.5) is 4.39 Å². The molecule has 132 valence electrons. The lowest BCUT2D eigenvalue weighted by atomic mass is 9.90. The van der Waals surface area contributed by atoms with E-state index in [1.165, 1.54) is 19.2 Å². The second-order valence-electron chi connectivity index (χ2n) is 4.74. The monoisotopic (exact) mass is 341 g/mol. The van der Waals surface area contributed by atoms with Crippen LogP contribution in [-0.4, -0.2) is 44.2 Å². The molecule has 1 aromatic carbocycles. The Kier molecular flexibility index (Phi) is 7.16. The molecule has 24 heavy (non-hydrogen) atoms. The zero-order valence-electron chi connectivity index (χ0n) is 13.8. The summed E-state index contributed by atoms with van der Waals surface area (Å²) in [5.74, 6) is -2.39. The minimum absolute atomic E-state index is 0.00944. The van der Waals surface area contributed by atoms with E-state index in [-0.39, 0.29) is 25.2 Å². The van der Waals surface area contributed by atoms with E-state index in [9.17, 15) is 18.8 Å². The van der Waals surface area contributed by atoms with Crippen molar-refractivity contribution in [1.29, 1.82) is 0 Å². The molecule has 0 aliphatic heterocycles. The van der Waals surface area contributed by atoms with Crippen LogP contribution in [-0.2, 0) is 30.3 Å². The van der Waals surface area contributed by atoms with Crippen LogP contribution in [0.2, 0.25) is 0 Å². The van der Waals surface area contributed by atoms with Gasteiger partial charge in [-0.25, -0.2) is 14.0 Å². The van der Waals surface area contributed by atoms with Crippen LogP contribution in [0.25, 0.3) is 0 Å². The normalized spacial score (nSPS) is 10.7.